The van der Waals surface area contributed by atoms with Gasteiger partial charge in [-0.2, -0.15) is 0 Å². The number of amidine groups is 1. The van der Waals surface area contributed by atoms with Gasteiger partial charge in [-0.15, -0.1) is 0 Å². The fourth-order valence-corrected chi connectivity index (χ4v) is 5.15. The quantitative estimate of drug-likeness (QED) is 0.182. The molecule has 4 aromatic carbocycles. The van der Waals surface area contributed by atoms with Crippen molar-refractivity contribution < 1.29 is 27.1 Å². The lowest BCUT2D eigenvalue weighted by molar-refractivity contribution is 0.0857. The first-order chi connectivity index (χ1) is 18.2. The fraction of sp³-hybridized carbons (Fsp3) is 0.103. The lowest BCUT2D eigenvalue weighted by Crippen LogP contribution is -2.24. The Kier molecular flexibility index (Phi) is 5.53. The van der Waals surface area contributed by atoms with Crippen molar-refractivity contribution in [3.63, 3.8) is 0 Å². The minimum absolute atomic E-state index is 0.139. The van der Waals surface area contributed by atoms with E-state index in [0.29, 0.717) is 11.1 Å². The smallest absolute Gasteiger partial charge is 0.251 e. The monoisotopic (exact) mass is 517 g/mol. The van der Waals surface area contributed by atoms with Gasteiger partial charge in [0, 0.05) is 23.7 Å². The van der Waals surface area contributed by atoms with Gasteiger partial charge < -0.3 is 15.8 Å². The summed E-state index contributed by atoms with van der Waals surface area (Å²) < 4.78 is 62.2. The minimum atomic E-state index is -0.981. The van der Waals surface area contributed by atoms with E-state index in [1.807, 2.05) is 18.2 Å². The zero-order valence-corrected chi connectivity index (χ0v) is 19.6. The minimum Gasteiger partial charge on any atom is -0.384 e. The first kappa shape index (κ1) is 23.9. The highest BCUT2D eigenvalue weighted by atomic mass is 19.1. The van der Waals surface area contributed by atoms with E-state index in [1.54, 1.807) is 18.2 Å². The molecule has 4 N–H and O–H groups in total. The molecule has 0 unspecified atom stereocenters. The Morgan fingerprint density at radius 2 is 1.47 bits per heavy atom. The standard InChI is InChI=1S/C29H19F4N3O2/c30-16-3-6-17(22(31)11-16)14-1-4-18-20(9-14)27-21-10-15(2-5-19(21)26(18)38-27)29(37)36-12-13-7-23(32)25(28(34)35)24(33)8-13/h1-11,26-27H,12H2,(H3,34,35)(H,36,37)/t26-,27+/m0/s1. The molecule has 4 aromatic rings. The Bertz CT molecular complexity index is 1650. The number of nitrogens with two attached hydrogens (primary N) is 1. The largest absolute Gasteiger partial charge is 0.384 e. The summed E-state index contributed by atoms with van der Waals surface area (Å²) in [5, 5.41) is 9.92. The molecule has 0 radical (unpaired) electrons. The van der Waals surface area contributed by atoms with Crippen molar-refractivity contribution >= 4 is 11.7 Å². The van der Waals surface area contributed by atoms with Gasteiger partial charge in [0.25, 0.3) is 5.91 Å². The molecule has 0 spiro atoms. The molecule has 6 rings (SSSR count). The van der Waals surface area contributed by atoms with Crippen LogP contribution in [0.15, 0.2) is 66.7 Å². The lowest BCUT2D eigenvalue weighted by atomic mass is 9.83. The lowest BCUT2D eigenvalue weighted by Gasteiger charge is -2.18. The maximum absolute atomic E-state index is 14.4. The van der Waals surface area contributed by atoms with Crippen LogP contribution in [0.25, 0.3) is 11.1 Å². The van der Waals surface area contributed by atoms with E-state index in [4.69, 9.17) is 15.9 Å². The van der Waals surface area contributed by atoms with Crippen molar-refractivity contribution in [2.75, 3.05) is 0 Å². The average Bonchev–Trinajstić information content (AvgIpc) is 3.43. The summed E-state index contributed by atoms with van der Waals surface area (Å²) in [4.78, 5) is 12.9. The number of carbonyl (C=O) groups excluding carboxylic acids is 1. The first-order valence-corrected chi connectivity index (χ1v) is 11.7. The van der Waals surface area contributed by atoms with Gasteiger partial charge in [-0.25, -0.2) is 17.6 Å². The van der Waals surface area contributed by atoms with Crippen molar-refractivity contribution in [2.45, 2.75) is 18.8 Å². The van der Waals surface area contributed by atoms with Crippen LogP contribution < -0.4 is 11.1 Å². The topological polar surface area (TPSA) is 88.2 Å². The van der Waals surface area contributed by atoms with E-state index in [0.717, 1.165) is 40.5 Å². The van der Waals surface area contributed by atoms with Gasteiger partial charge in [0.05, 0.1) is 5.56 Å². The molecule has 0 aliphatic carbocycles. The van der Waals surface area contributed by atoms with Crippen molar-refractivity contribution in [2.24, 2.45) is 5.73 Å². The molecule has 2 bridgehead atoms. The molecule has 5 nitrogen and oxygen atoms in total. The highest BCUT2D eigenvalue weighted by Gasteiger charge is 2.43. The number of nitrogen functional groups attached to an aromatic ring is 1. The molecular formula is C29H19F4N3O2. The molecule has 2 heterocycles. The van der Waals surface area contributed by atoms with Crippen LogP contribution in [0, 0.1) is 28.7 Å². The first-order valence-electron chi connectivity index (χ1n) is 11.7. The number of hydrogen-bond acceptors (Lipinski definition) is 3. The molecule has 190 valence electrons. The van der Waals surface area contributed by atoms with Crippen LogP contribution in [0.3, 0.4) is 0 Å². The highest BCUT2D eigenvalue weighted by Crippen LogP contribution is 2.54. The number of halogens is 4. The molecule has 0 saturated heterocycles. The Balaban J connectivity index is 1.24. The van der Waals surface area contributed by atoms with Gasteiger partial charge in [0.15, 0.2) is 0 Å². The van der Waals surface area contributed by atoms with Crippen LogP contribution in [-0.4, -0.2) is 11.7 Å². The molecular weight excluding hydrogens is 498 g/mol. The number of ether oxygens (including phenoxy) is 1. The Hall–Kier alpha value is -4.50. The van der Waals surface area contributed by atoms with E-state index in [2.05, 4.69) is 5.32 Å². The number of fused-ring (bicyclic) bond motifs is 8. The number of carbonyl (C=O) groups is 1. The number of benzene rings is 4. The van der Waals surface area contributed by atoms with E-state index < -0.39 is 46.7 Å². The van der Waals surface area contributed by atoms with Crippen LogP contribution in [0.5, 0.6) is 0 Å². The normalized spacial score (nSPS) is 16.7. The number of hydrogen-bond donors (Lipinski definition) is 3. The van der Waals surface area contributed by atoms with E-state index >= 15 is 0 Å². The fourth-order valence-electron chi connectivity index (χ4n) is 5.15. The van der Waals surface area contributed by atoms with Crippen molar-refractivity contribution in [3.05, 3.63) is 129 Å². The van der Waals surface area contributed by atoms with Gasteiger partial charge in [0.2, 0.25) is 0 Å². The second-order valence-corrected chi connectivity index (χ2v) is 9.24. The third-order valence-electron chi connectivity index (χ3n) is 6.90. The highest BCUT2D eigenvalue weighted by molar-refractivity contribution is 5.96. The van der Waals surface area contributed by atoms with Gasteiger partial charge in [0.1, 0.15) is 41.3 Å². The van der Waals surface area contributed by atoms with Crippen LogP contribution in [0.1, 0.15) is 55.9 Å². The van der Waals surface area contributed by atoms with Crippen molar-refractivity contribution in [3.8, 4) is 11.1 Å². The summed E-state index contributed by atoms with van der Waals surface area (Å²) in [6.07, 6.45) is -0.775. The summed E-state index contributed by atoms with van der Waals surface area (Å²) in [7, 11) is 0. The maximum Gasteiger partial charge on any atom is 0.251 e. The molecule has 2 atom stereocenters. The van der Waals surface area contributed by atoms with E-state index in [-0.39, 0.29) is 23.8 Å². The molecule has 9 heteroatoms. The van der Waals surface area contributed by atoms with E-state index in [9.17, 15) is 22.4 Å². The van der Waals surface area contributed by atoms with Crippen molar-refractivity contribution in [1.82, 2.24) is 5.32 Å². The van der Waals surface area contributed by atoms with Gasteiger partial charge >= 0.3 is 0 Å². The Morgan fingerprint density at radius 3 is 2.16 bits per heavy atom. The summed E-state index contributed by atoms with van der Waals surface area (Å²) in [5.74, 6) is -4.45. The zero-order chi connectivity index (χ0) is 26.7. The molecule has 0 aromatic heterocycles. The van der Waals surface area contributed by atoms with Crippen LogP contribution in [0.4, 0.5) is 17.6 Å². The summed E-state index contributed by atoms with van der Waals surface area (Å²) in [6.45, 7) is -0.139. The van der Waals surface area contributed by atoms with Crippen LogP contribution >= 0.6 is 0 Å². The third-order valence-corrected chi connectivity index (χ3v) is 6.90. The zero-order valence-electron chi connectivity index (χ0n) is 19.6. The van der Waals surface area contributed by atoms with Gasteiger partial charge in [-0.05, 0) is 75.8 Å². The van der Waals surface area contributed by atoms with Crippen LogP contribution in [0.2, 0.25) is 0 Å². The Morgan fingerprint density at radius 1 is 0.816 bits per heavy atom. The second-order valence-electron chi connectivity index (χ2n) is 9.24. The SMILES string of the molecule is N=C(N)c1c(F)cc(CNC(=O)c2ccc3c(c2)[C@@H]2O[C@H]3c3ccc(-c4ccc(F)cc4F)cc32)cc1F. The molecule has 2 aliphatic rings. The number of rotatable bonds is 5. The molecule has 2 aliphatic heterocycles. The summed E-state index contributed by atoms with van der Waals surface area (Å²) >= 11 is 0. The summed E-state index contributed by atoms with van der Waals surface area (Å²) in [5.41, 5.74) is 9.48. The number of amides is 1. The molecule has 0 saturated carbocycles. The average molecular weight is 517 g/mol. The predicted octanol–water partition coefficient (Wildman–Crippen LogP) is 5.65. The Labute approximate surface area is 214 Å². The molecule has 0 fully saturated rings. The van der Waals surface area contributed by atoms with Crippen molar-refractivity contribution in [1.29, 1.82) is 5.41 Å². The van der Waals surface area contributed by atoms with E-state index in [1.165, 1.54) is 12.1 Å². The maximum atomic E-state index is 14.4. The summed E-state index contributed by atoms with van der Waals surface area (Å²) in [6, 6.07) is 16.1. The molecule has 1 amide bonds. The van der Waals surface area contributed by atoms with Crippen LogP contribution in [-0.2, 0) is 11.3 Å². The predicted molar refractivity (Wildman–Crippen MR) is 132 cm³/mol. The molecule has 38 heavy (non-hydrogen) atoms. The number of nitrogens with one attached hydrogen (secondary N) is 2. The van der Waals surface area contributed by atoms with Gasteiger partial charge in [-0.1, -0.05) is 18.2 Å². The second kappa shape index (κ2) is 8.81. The van der Waals surface area contributed by atoms with Gasteiger partial charge in [-0.3, -0.25) is 10.2 Å². The third kappa shape index (κ3) is 3.83.